The van der Waals surface area contributed by atoms with Gasteiger partial charge in [0.2, 0.25) is 5.95 Å². The van der Waals surface area contributed by atoms with Gasteiger partial charge in [-0.05, 0) is 19.3 Å². The summed E-state index contributed by atoms with van der Waals surface area (Å²) in [5.74, 6) is 0.759. The molecule has 0 atom stereocenters. The quantitative estimate of drug-likeness (QED) is 0.797. The van der Waals surface area contributed by atoms with Gasteiger partial charge in [0.05, 0.1) is 6.61 Å². The zero-order valence-corrected chi connectivity index (χ0v) is 13.9. The Bertz CT molecular complexity index is 826. The molecule has 3 rings (SSSR count). The van der Waals surface area contributed by atoms with Crippen molar-refractivity contribution in [1.82, 2.24) is 18.7 Å². The summed E-state index contributed by atoms with van der Waals surface area (Å²) in [6, 6.07) is 0. The van der Waals surface area contributed by atoms with E-state index in [0.29, 0.717) is 24.3 Å². The summed E-state index contributed by atoms with van der Waals surface area (Å²) < 4.78 is 9.65. The second kappa shape index (κ2) is 6.19. The number of aryl methyl sites for hydroxylation is 1. The number of imidazole rings is 1. The molecule has 8 heteroatoms. The summed E-state index contributed by atoms with van der Waals surface area (Å²) in [7, 11) is 4.78. The highest BCUT2D eigenvalue weighted by atomic mass is 16.5. The molecule has 1 aliphatic rings. The van der Waals surface area contributed by atoms with E-state index in [9.17, 15) is 9.59 Å². The highest BCUT2D eigenvalue weighted by molar-refractivity contribution is 5.74. The van der Waals surface area contributed by atoms with Crippen LogP contribution in [0, 0.1) is 0 Å². The molecule has 8 nitrogen and oxygen atoms in total. The van der Waals surface area contributed by atoms with Crippen LogP contribution in [0.4, 0.5) is 5.95 Å². The number of piperidine rings is 1. The van der Waals surface area contributed by atoms with Crippen LogP contribution >= 0.6 is 0 Å². The summed E-state index contributed by atoms with van der Waals surface area (Å²) in [6.45, 7) is 2.86. The van der Waals surface area contributed by atoms with Crippen LogP contribution in [-0.2, 0) is 25.4 Å². The first-order valence-electron chi connectivity index (χ1n) is 7.96. The summed E-state index contributed by atoms with van der Waals surface area (Å²) in [5, 5.41) is 0. The Morgan fingerprint density at radius 3 is 2.43 bits per heavy atom. The number of rotatable bonds is 4. The van der Waals surface area contributed by atoms with Crippen molar-refractivity contribution < 1.29 is 4.74 Å². The fraction of sp³-hybridized carbons (Fsp3) is 0.667. The molecule has 0 unspecified atom stereocenters. The summed E-state index contributed by atoms with van der Waals surface area (Å²) in [6.07, 6.45) is 3.45. The Hall–Kier alpha value is -2.09. The molecule has 23 heavy (non-hydrogen) atoms. The third kappa shape index (κ3) is 2.56. The van der Waals surface area contributed by atoms with Gasteiger partial charge in [-0.1, -0.05) is 0 Å². The molecule has 1 aliphatic heterocycles. The molecule has 0 aromatic carbocycles. The van der Waals surface area contributed by atoms with Crippen LogP contribution in [0.25, 0.3) is 11.2 Å². The van der Waals surface area contributed by atoms with Crippen LogP contribution in [0.15, 0.2) is 9.59 Å². The average Bonchev–Trinajstić information content (AvgIpc) is 2.96. The predicted molar refractivity (Wildman–Crippen MR) is 88.2 cm³/mol. The summed E-state index contributed by atoms with van der Waals surface area (Å²) in [5.41, 5.74) is 0.237. The number of hydrogen-bond acceptors (Lipinski definition) is 5. The van der Waals surface area contributed by atoms with Gasteiger partial charge in [-0.25, -0.2) is 4.79 Å². The first kappa shape index (κ1) is 15.8. The minimum atomic E-state index is -0.357. The van der Waals surface area contributed by atoms with Gasteiger partial charge in [-0.2, -0.15) is 4.98 Å². The van der Waals surface area contributed by atoms with Gasteiger partial charge in [-0.15, -0.1) is 0 Å². The highest BCUT2D eigenvalue weighted by Gasteiger charge is 2.23. The van der Waals surface area contributed by atoms with Crippen LogP contribution < -0.4 is 16.1 Å². The number of anilines is 1. The Kier molecular flexibility index (Phi) is 4.25. The maximum absolute atomic E-state index is 12.6. The van der Waals surface area contributed by atoms with E-state index in [0.717, 1.165) is 36.4 Å². The Labute approximate surface area is 133 Å². The number of fused-ring (bicyclic) bond motifs is 1. The molecule has 1 saturated heterocycles. The third-order valence-electron chi connectivity index (χ3n) is 4.49. The minimum absolute atomic E-state index is 0.310. The monoisotopic (exact) mass is 321 g/mol. The van der Waals surface area contributed by atoms with E-state index in [2.05, 4.69) is 9.88 Å². The van der Waals surface area contributed by atoms with Crippen molar-refractivity contribution in [2.45, 2.75) is 25.8 Å². The summed E-state index contributed by atoms with van der Waals surface area (Å²) >= 11 is 0. The SMILES string of the molecule is COCCn1c(N2CCCCC2)nc2c1c(=O)n(C)c(=O)n2C. The van der Waals surface area contributed by atoms with Gasteiger partial charge in [0.1, 0.15) is 0 Å². The normalized spacial score (nSPS) is 15.5. The fourth-order valence-electron chi connectivity index (χ4n) is 3.16. The molecule has 0 amide bonds. The van der Waals surface area contributed by atoms with Gasteiger partial charge in [0.15, 0.2) is 11.2 Å². The first-order valence-corrected chi connectivity index (χ1v) is 7.96. The molecule has 1 fully saturated rings. The van der Waals surface area contributed by atoms with E-state index >= 15 is 0 Å². The van der Waals surface area contributed by atoms with E-state index in [1.165, 1.54) is 18.0 Å². The smallest absolute Gasteiger partial charge is 0.332 e. The Morgan fingerprint density at radius 2 is 1.78 bits per heavy atom. The first-order chi connectivity index (χ1) is 11.1. The number of methoxy groups -OCH3 is 1. The van der Waals surface area contributed by atoms with Crippen molar-refractivity contribution in [2.75, 3.05) is 31.7 Å². The van der Waals surface area contributed by atoms with Crippen LogP contribution in [-0.4, -0.2) is 45.5 Å². The van der Waals surface area contributed by atoms with Crippen molar-refractivity contribution in [3.63, 3.8) is 0 Å². The van der Waals surface area contributed by atoms with Gasteiger partial charge >= 0.3 is 5.69 Å². The summed E-state index contributed by atoms with van der Waals surface area (Å²) in [4.78, 5) is 31.6. The topological polar surface area (TPSA) is 74.3 Å². The van der Waals surface area contributed by atoms with Gasteiger partial charge in [0.25, 0.3) is 5.56 Å². The zero-order chi connectivity index (χ0) is 16.6. The van der Waals surface area contributed by atoms with E-state index in [1.54, 1.807) is 14.2 Å². The molecular weight excluding hydrogens is 298 g/mol. The molecular formula is C15H23N5O3. The lowest BCUT2D eigenvalue weighted by Crippen LogP contribution is -2.37. The molecule has 2 aromatic rings. The molecule has 0 N–H and O–H groups in total. The van der Waals surface area contributed by atoms with E-state index in [-0.39, 0.29) is 11.2 Å². The maximum atomic E-state index is 12.6. The lowest BCUT2D eigenvalue weighted by molar-refractivity contribution is 0.188. The van der Waals surface area contributed by atoms with Crippen LogP contribution in [0.3, 0.4) is 0 Å². The molecule has 3 heterocycles. The fourth-order valence-corrected chi connectivity index (χ4v) is 3.16. The van der Waals surface area contributed by atoms with E-state index < -0.39 is 0 Å². The van der Waals surface area contributed by atoms with Crippen molar-refractivity contribution in [1.29, 1.82) is 0 Å². The second-order valence-electron chi connectivity index (χ2n) is 5.98. The van der Waals surface area contributed by atoms with Gasteiger partial charge in [0, 0.05) is 40.8 Å². The lowest BCUT2D eigenvalue weighted by atomic mass is 10.1. The number of hydrogen-bond donors (Lipinski definition) is 0. The Morgan fingerprint density at radius 1 is 1.09 bits per heavy atom. The lowest BCUT2D eigenvalue weighted by Gasteiger charge is -2.28. The van der Waals surface area contributed by atoms with Crippen molar-refractivity contribution in [3.05, 3.63) is 20.8 Å². The molecule has 0 aliphatic carbocycles. The third-order valence-corrected chi connectivity index (χ3v) is 4.49. The largest absolute Gasteiger partial charge is 0.383 e. The van der Waals surface area contributed by atoms with Crippen molar-refractivity contribution in [3.8, 4) is 0 Å². The molecule has 0 bridgehead atoms. The van der Waals surface area contributed by atoms with E-state index in [4.69, 9.17) is 4.74 Å². The molecule has 0 radical (unpaired) electrons. The maximum Gasteiger partial charge on any atom is 0.332 e. The number of ether oxygens (including phenoxy) is 1. The number of nitrogens with zero attached hydrogens (tertiary/aromatic N) is 5. The van der Waals surface area contributed by atoms with Gasteiger partial charge in [-0.3, -0.25) is 13.9 Å². The van der Waals surface area contributed by atoms with Gasteiger partial charge < -0.3 is 14.2 Å². The average molecular weight is 321 g/mol. The van der Waals surface area contributed by atoms with Crippen LogP contribution in [0.5, 0.6) is 0 Å². The predicted octanol–water partition coefficient (Wildman–Crippen LogP) is 0.0704. The zero-order valence-electron chi connectivity index (χ0n) is 13.9. The molecule has 2 aromatic heterocycles. The number of aromatic nitrogens is 4. The standard InChI is InChI=1S/C15H23N5O3/c1-17-12-11(13(21)18(2)15(17)22)20(9-10-23-3)14(16-12)19-7-5-4-6-8-19/h4-10H2,1-3H3. The molecule has 0 spiro atoms. The second-order valence-corrected chi connectivity index (χ2v) is 5.98. The van der Waals surface area contributed by atoms with Crippen LogP contribution in [0.2, 0.25) is 0 Å². The Balaban J connectivity index is 2.26. The van der Waals surface area contributed by atoms with Crippen LogP contribution in [0.1, 0.15) is 19.3 Å². The molecule has 0 saturated carbocycles. The highest BCUT2D eigenvalue weighted by Crippen LogP contribution is 2.22. The minimum Gasteiger partial charge on any atom is -0.383 e. The molecule has 126 valence electrons. The van der Waals surface area contributed by atoms with Crippen molar-refractivity contribution >= 4 is 17.1 Å². The van der Waals surface area contributed by atoms with E-state index in [1.807, 2.05) is 4.57 Å². The van der Waals surface area contributed by atoms with Crippen molar-refractivity contribution in [2.24, 2.45) is 14.1 Å².